The van der Waals surface area contributed by atoms with Gasteiger partial charge < -0.3 is 9.47 Å². The molecule has 0 bridgehead atoms. The number of anilines is 2. The van der Waals surface area contributed by atoms with E-state index in [0.29, 0.717) is 17.0 Å². The van der Waals surface area contributed by atoms with Gasteiger partial charge in [0.25, 0.3) is 0 Å². The topological polar surface area (TPSA) is 94.8 Å². The van der Waals surface area contributed by atoms with Crippen molar-refractivity contribution in [1.82, 2.24) is 4.98 Å². The lowest BCUT2D eigenvalue weighted by atomic mass is 10.2. The molecule has 0 N–H and O–H groups in total. The summed E-state index contributed by atoms with van der Waals surface area (Å²) in [6.45, 7) is 3.30. The fourth-order valence-corrected chi connectivity index (χ4v) is 2.08. The Morgan fingerprint density at radius 2 is 1.96 bits per heavy atom. The molecule has 0 saturated heterocycles. The quantitative estimate of drug-likeness (QED) is 0.456. The van der Waals surface area contributed by atoms with E-state index in [1.165, 1.54) is 25.4 Å². The van der Waals surface area contributed by atoms with Gasteiger partial charge >= 0.3 is 5.97 Å². The van der Waals surface area contributed by atoms with E-state index in [4.69, 9.17) is 4.74 Å². The fourth-order valence-electron chi connectivity index (χ4n) is 2.08. The highest BCUT2D eigenvalue weighted by Gasteiger charge is 2.23. The summed E-state index contributed by atoms with van der Waals surface area (Å²) in [6, 6.07) is 9.59. The summed E-state index contributed by atoms with van der Waals surface area (Å²) in [5, 5.41) is 11.8. The molecule has 24 heavy (non-hydrogen) atoms. The first-order valence-electron chi connectivity index (χ1n) is 7.14. The number of carbonyl (C=O) groups is 1. The molecule has 1 atom stereocenters. The van der Waals surface area contributed by atoms with Crippen molar-refractivity contribution in [3.8, 4) is 5.75 Å². The highest BCUT2D eigenvalue weighted by atomic mass is 16.7. The minimum absolute atomic E-state index is 0.235. The van der Waals surface area contributed by atoms with Crippen LogP contribution in [0.4, 0.5) is 11.5 Å². The van der Waals surface area contributed by atoms with Crippen molar-refractivity contribution in [3.05, 3.63) is 58.3 Å². The number of nitrogens with zero attached hydrogens (tertiary/aromatic N) is 3. The zero-order valence-electron chi connectivity index (χ0n) is 13.5. The van der Waals surface area contributed by atoms with Gasteiger partial charge in [0.15, 0.2) is 11.1 Å². The van der Waals surface area contributed by atoms with Crippen LogP contribution in [0.3, 0.4) is 0 Å². The zero-order valence-corrected chi connectivity index (χ0v) is 13.5. The van der Waals surface area contributed by atoms with E-state index in [9.17, 15) is 14.9 Å². The third-order valence-corrected chi connectivity index (χ3v) is 3.27. The number of nitro groups is 1. The van der Waals surface area contributed by atoms with Gasteiger partial charge in [-0.25, -0.2) is 19.9 Å². The van der Waals surface area contributed by atoms with Crippen LogP contribution >= 0.6 is 0 Å². The molecule has 0 aliphatic carbocycles. The number of hydrogen-bond acceptors (Lipinski definition) is 6. The average molecular weight is 331 g/mol. The largest absolute Gasteiger partial charge is 0.479 e. The highest BCUT2D eigenvalue weighted by molar-refractivity contribution is 5.74. The molecule has 0 aliphatic rings. The molecule has 1 aromatic heterocycles. The SMILES string of the molecule is COC(=O)C(C)Oc1ccc(N(c2ncccc2C)[N+](=O)[O-])cc1. The number of benzene rings is 1. The van der Waals surface area contributed by atoms with E-state index < -0.39 is 17.1 Å². The highest BCUT2D eigenvalue weighted by Crippen LogP contribution is 2.28. The van der Waals surface area contributed by atoms with Crippen LogP contribution in [0.1, 0.15) is 12.5 Å². The van der Waals surface area contributed by atoms with Gasteiger partial charge in [0, 0.05) is 6.20 Å². The lowest BCUT2D eigenvalue weighted by Crippen LogP contribution is -2.26. The number of pyridine rings is 1. The van der Waals surface area contributed by atoms with Gasteiger partial charge in [0.1, 0.15) is 11.4 Å². The molecular formula is C16H17N3O5. The van der Waals surface area contributed by atoms with Crippen LogP contribution in [0.2, 0.25) is 0 Å². The third kappa shape index (κ3) is 3.78. The van der Waals surface area contributed by atoms with Gasteiger partial charge in [-0.2, -0.15) is 0 Å². The van der Waals surface area contributed by atoms with E-state index >= 15 is 0 Å². The fraction of sp³-hybridized carbons (Fsp3) is 0.250. The Hall–Kier alpha value is -3.16. The first kappa shape index (κ1) is 17.2. The molecular weight excluding hydrogens is 314 g/mol. The van der Waals surface area contributed by atoms with Gasteiger partial charge in [-0.15, -0.1) is 0 Å². The van der Waals surface area contributed by atoms with Crippen molar-refractivity contribution >= 4 is 17.5 Å². The van der Waals surface area contributed by atoms with Crippen LogP contribution in [-0.4, -0.2) is 29.2 Å². The molecule has 0 radical (unpaired) electrons. The second-order valence-electron chi connectivity index (χ2n) is 4.97. The summed E-state index contributed by atoms with van der Waals surface area (Å²) >= 11 is 0. The first-order chi connectivity index (χ1) is 11.4. The van der Waals surface area contributed by atoms with E-state index in [1.54, 1.807) is 38.1 Å². The molecule has 1 aromatic carbocycles. The summed E-state index contributed by atoms with van der Waals surface area (Å²) in [7, 11) is 1.27. The monoisotopic (exact) mass is 331 g/mol. The van der Waals surface area contributed by atoms with Crippen LogP contribution in [-0.2, 0) is 9.53 Å². The average Bonchev–Trinajstić information content (AvgIpc) is 2.57. The molecule has 0 spiro atoms. The molecule has 1 heterocycles. The second kappa shape index (κ2) is 7.40. The number of aromatic nitrogens is 1. The molecule has 2 aromatic rings. The number of rotatable bonds is 6. The zero-order chi connectivity index (χ0) is 17.7. The Bertz CT molecular complexity index is 733. The number of carbonyl (C=O) groups excluding carboxylic acids is 1. The van der Waals surface area contributed by atoms with Crippen molar-refractivity contribution in [1.29, 1.82) is 0 Å². The summed E-state index contributed by atoms with van der Waals surface area (Å²) in [5.74, 6) is 0.131. The predicted octanol–water partition coefficient (Wildman–Crippen LogP) is 2.66. The smallest absolute Gasteiger partial charge is 0.346 e. The minimum atomic E-state index is -0.773. The lowest BCUT2D eigenvalue weighted by molar-refractivity contribution is -0.483. The maximum Gasteiger partial charge on any atom is 0.346 e. The Morgan fingerprint density at radius 3 is 2.50 bits per heavy atom. The van der Waals surface area contributed by atoms with E-state index in [-0.39, 0.29) is 5.82 Å². The van der Waals surface area contributed by atoms with Crippen molar-refractivity contribution in [2.45, 2.75) is 20.0 Å². The van der Waals surface area contributed by atoms with Gasteiger partial charge in [-0.05, 0) is 54.8 Å². The van der Waals surface area contributed by atoms with Crippen molar-refractivity contribution in [3.63, 3.8) is 0 Å². The van der Waals surface area contributed by atoms with Gasteiger partial charge in [0.05, 0.1) is 7.11 Å². The molecule has 126 valence electrons. The molecule has 0 aliphatic heterocycles. The van der Waals surface area contributed by atoms with Gasteiger partial charge in [0.2, 0.25) is 5.82 Å². The number of esters is 1. The number of methoxy groups -OCH3 is 1. The summed E-state index contributed by atoms with van der Waals surface area (Å²) in [6.07, 6.45) is 0.722. The van der Waals surface area contributed by atoms with Crippen LogP contribution in [0.15, 0.2) is 42.6 Å². The lowest BCUT2D eigenvalue weighted by Gasteiger charge is -2.16. The first-order valence-corrected chi connectivity index (χ1v) is 7.14. The van der Waals surface area contributed by atoms with Crippen molar-refractivity contribution in [2.75, 3.05) is 12.1 Å². The minimum Gasteiger partial charge on any atom is -0.479 e. The molecule has 8 heteroatoms. The molecule has 2 rings (SSSR count). The van der Waals surface area contributed by atoms with Crippen LogP contribution < -0.4 is 9.75 Å². The Kier molecular flexibility index (Phi) is 5.31. The maximum absolute atomic E-state index is 11.4. The molecule has 8 nitrogen and oxygen atoms in total. The molecule has 0 saturated carbocycles. The van der Waals surface area contributed by atoms with E-state index in [0.717, 1.165) is 5.01 Å². The van der Waals surface area contributed by atoms with Crippen LogP contribution in [0.25, 0.3) is 0 Å². The third-order valence-electron chi connectivity index (χ3n) is 3.27. The second-order valence-corrected chi connectivity index (χ2v) is 4.97. The van der Waals surface area contributed by atoms with E-state index in [1.807, 2.05) is 0 Å². The number of ether oxygens (including phenoxy) is 2. The normalized spacial score (nSPS) is 11.5. The number of hydrazine groups is 1. The molecule has 1 unspecified atom stereocenters. The Morgan fingerprint density at radius 1 is 1.29 bits per heavy atom. The van der Waals surface area contributed by atoms with Gasteiger partial charge in [-0.3, -0.25) is 0 Å². The van der Waals surface area contributed by atoms with Crippen molar-refractivity contribution < 1.29 is 19.3 Å². The summed E-state index contributed by atoms with van der Waals surface area (Å²) < 4.78 is 9.99. The number of hydrogen-bond donors (Lipinski definition) is 0. The van der Waals surface area contributed by atoms with E-state index in [2.05, 4.69) is 9.72 Å². The number of aryl methyl sites for hydroxylation is 1. The summed E-state index contributed by atoms with van der Waals surface area (Å²) in [5.41, 5.74) is 0.994. The van der Waals surface area contributed by atoms with Gasteiger partial charge in [-0.1, -0.05) is 6.07 Å². The van der Waals surface area contributed by atoms with Crippen molar-refractivity contribution in [2.24, 2.45) is 0 Å². The van der Waals surface area contributed by atoms with Crippen LogP contribution in [0, 0.1) is 17.0 Å². The van der Waals surface area contributed by atoms with Crippen LogP contribution in [0.5, 0.6) is 5.75 Å². The molecule has 0 amide bonds. The Balaban J connectivity index is 2.26. The molecule has 0 fully saturated rings. The summed E-state index contributed by atoms with van der Waals surface area (Å²) in [4.78, 5) is 26.9. The predicted molar refractivity (Wildman–Crippen MR) is 86.7 cm³/mol. The Labute approximate surface area is 138 Å². The standard InChI is InChI=1S/C16H17N3O5/c1-11-5-4-10-17-15(11)18(19(21)22)13-6-8-14(9-7-13)24-12(2)16(20)23-3/h4-10,12H,1-3H3. The maximum atomic E-state index is 11.4.